The lowest BCUT2D eigenvalue weighted by Crippen LogP contribution is -2.04. The number of hydrogen-bond donors (Lipinski definition) is 0. The van der Waals surface area contributed by atoms with Crippen molar-refractivity contribution in [2.45, 2.75) is 30.8 Å². The highest BCUT2D eigenvalue weighted by molar-refractivity contribution is 7.98. The standard InChI is InChI=1S/C10H11Cl2N5S/c1-6(2)17-10(14-15-16-17)18-5-7-8(11)3-13-4-9(7)12/h3-4,6H,5H2,1-2H3. The van der Waals surface area contributed by atoms with E-state index in [2.05, 4.69) is 20.5 Å². The van der Waals surface area contributed by atoms with Gasteiger partial charge in [-0.25, -0.2) is 4.68 Å². The molecular formula is C10H11Cl2N5S. The van der Waals surface area contributed by atoms with Crippen LogP contribution in [0.1, 0.15) is 25.5 Å². The van der Waals surface area contributed by atoms with Crippen LogP contribution in [0.3, 0.4) is 0 Å². The lowest BCUT2D eigenvalue weighted by molar-refractivity contribution is 0.477. The fraction of sp³-hybridized carbons (Fsp3) is 0.400. The van der Waals surface area contributed by atoms with Crippen molar-refractivity contribution in [1.82, 2.24) is 25.2 Å². The van der Waals surface area contributed by atoms with Gasteiger partial charge in [-0.15, -0.1) is 5.10 Å². The van der Waals surface area contributed by atoms with Gasteiger partial charge in [-0.1, -0.05) is 35.0 Å². The van der Waals surface area contributed by atoms with Crippen LogP contribution in [0.15, 0.2) is 17.6 Å². The molecule has 0 aliphatic heterocycles. The molecule has 2 aromatic rings. The topological polar surface area (TPSA) is 56.5 Å². The summed E-state index contributed by atoms with van der Waals surface area (Å²) >= 11 is 13.6. The molecule has 2 rings (SSSR count). The average molecular weight is 304 g/mol. The molecule has 0 amide bonds. The Labute approximate surface area is 119 Å². The molecule has 2 heterocycles. The number of pyridine rings is 1. The molecule has 0 saturated carbocycles. The smallest absolute Gasteiger partial charge is 0.209 e. The quantitative estimate of drug-likeness (QED) is 0.812. The van der Waals surface area contributed by atoms with Crippen LogP contribution in [0.25, 0.3) is 0 Å². The first kappa shape index (κ1) is 13.6. The molecule has 0 unspecified atom stereocenters. The number of nitrogens with zero attached hydrogens (tertiary/aromatic N) is 5. The van der Waals surface area contributed by atoms with Crippen LogP contribution in [0.4, 0.5) is 0 Å². The van der Waals surface area contributed by atoms with E-state index in [0.717, 1.165) is 10.7 Å². The Morgan fingerprint density at radius 2 is 1.94 bits per heavy atom. The van der Waals surface area contributed by atoms with Gasteiger partial charge in [0.25, 0.3) is 0 Å². The third-order valence-electron chi connectivity index (χ3n) is 2.25. The van der Waals surface area contributed by atoms with E-state index >= 15 is 0 Å². The first-order chi connectivity index (χ1) is 8.59. The maximum Gasteiger partial charge on any atom is 0.209 e. The van der Waals surface area contributed by atoms with E-state index in [1.807, 2.05) is 13.8 Å². The van der Waals surface area contributed by atoms with E-state index < -0.39 is 0 Å². The summed E-state index contributed by atoms with van der Waals surface area (Å²) in [5.74, 6) is 0.604. The second-order valence-corrected chi connectivity index (χ2v) is 5.63. The van der Waals surface area contributed by atoms with Gasteiger partial charge in [0.05, 0.1) is 16.1 Å². The molecule has 0 aromatic carbocycles. The molecular weight excluding hydrogens is 293 g/mol. The third-order valence-corrected chi connectivity index (χ3v) is 3.86. The van der Waals surface area contributed by atoms with Crippen LogP contribution in [0.5, 0.6) is 0 Å². The van der Waals surface area contributed by atoms with Crippen molar-refractivity contribution >= 4 is 35.0 Å². The van der Waals surface area contributed by atoms with Crippen LogP contribution in [-0.2, 0) is 5.75 Å². The van der Waals surface area contributed by atoms with Crippen molar-refractivity contribution in [2.24, 2.45) is 0 Å². The molecule has 8 heteroatoms. The van der Waals surface area contributed by atoms with Crippen molar-refractivity contribution in [3.8, 4) is 0 Å². The summed E-state index contributed by atoms with van der Waals surface area (Å²) < 4.78 is 1.76. The molecule has 0 aliphatic rings. The molecule has 0 fully saturated rings. The number of thioether (sulfide) groups is 1. The Balaban J connectivity index is 2.14. The molecule has 0 bridgehead atoms. The van der Waals surface area contributed by atoms with E-state index in [1.54, 1.807) is 17.1 Å². The lowest BCUT2D eigenvalue weighted by atomic mass is 10.3. The average Bonchev–Trinajstić information content (AvgIpc) is 2.76. The Hall–Kier alpha value is -0.850. The maximum absolute atomic E-state index is 6.05. The predicted molar refractivity (Wildman–Crippen MR) is 72.0 cm³/mol. The summed E-state index contributed by atoms with van der Waals surface area (Å²) in [6.45, 7) is 4.04. The van der Waals surface area contributed by atoms with E-state index in [0.29, 0.717) is 15.8 Å². The van der Waals surface area contributed by atoms with Crippen LogP contribution < -0.4 is 0 Å². The predicted octanol–water partition coefficient (Wildman–Crippen LogP) is 3.25. The van der Waals surface area contributed by atoms with Gasteiger partial charge in [0.1, 0.15) is 0 Å². The highest BCUT2D eigenvalue weighted by atomic mass is 35.5. The summed E-state index contributed by atoms with van der Waals surface area (Å²) in [4.78, 5) is 3.92. The van der Waals surface area contributed by atoms with E-state index in [9.17, 15) is 0 Å². The van der Waals surface area contributed by atoms with Crippen LogP contribution in [0, 0.1) is 0 Å². The van der Waals surface area contributed by atoms with Crippen molar-refractivity contribution < 1.29 is 0 Å². The van der Waals surface area contributed by atoms with E-state index in [1.165, 1.54) is 11.8 Å². The first-order valence-corrected chi connectivity index (χ1v) is 7.02. The summed E-state index contributed by atoms with van der Waals surface area (Å²) in [5, 5.41) is 13.4. The zero-order valence-electron chi connectivity index (χ0n) is 9.84. The molecule has 18 heavy (non-hydrogen) atoms. The monoisotopic (exact) mass is 303 g/mol. The molecule has 0 atom stereocenters. The second kappa shape index (κ2) is 5.86. The summed E-state index contributed by atoms with van der Waals surface area (Å²) in [5.41, 5.74) is 0.844. The molecule has 96 valence electrons. The number of hydrogen-bond acceptors (Lipinski definition) is 5. The minimum atomic E-state index is 0.214. The molecule has 0 spiro atoms. The normalized spacial score (nSPS) is 11.2. The van der Waals surface area contributed by atoms with Crippen LogP contribution in [-0.4, -0.2) is 25.2 Å². The molecule has 2 aromatic heterocycles. The Kier molecular flexibility index (Phi) is 4.42. The van der Waals surface area contributed by atoms with E-state index in [-0.39, 0.29) is 6.04 Å². The first-order valence-electron chi connectivity index (χ1n) is 5.28. The van der Waals surface area contributed by atoms with Crippen molar-refractivity contribution in [1.29, 1.82) is 0 Å². The van der Waals surface area contributed by atoms with Gasteiger partial charge in [-0.05, 0) is 24.3 Å². The van der Waals surface area contributed by atoms with Gasteiger partial charge < -0.3 is 0 Å². The van der Waals surface area contributed by atoms with Crippen molar-refractivity contribution in [3.63, 3.8) is 0 Å². The minimum absolute atomic E-state index is 0.214. The fourth-order valence-corrected chi connectivity index (χ4v) is 3.03. The highest BCUT2D eigenvalue weighted by Gasteiger charge is 2.12. The van der Waals surface area contributed by atoms with Gasteiger partial charge in [-0.2, -0.15) is 0 Å². The van der Waals surface area contributed by atoms with Crippen LogP contribution in [0.2, 0.25) is 10.0 Å². The zero-order chi connectivity index (χ0) is 13.1. The van der Waals surface area contributed by atoms with Crippen molar-refractivity contribution in [2.75, 3.05) is 0 Å². The lowest BCUT2D eigenvalue weighted by Gasteiger charge is -2.08. The SMILES string of the molecule is CC(C)n1nnnc1SCc1c(Cl)cncc1Cl. The molecule has 0 radical (unpaired) electrons. The Morgan fingerprint density at radius 3 is 2.56 bits per heavy atom. The van der Waals surface area contributed by atoms with Crippen molar-refractivity contribution in [3.05, 3.63) is 28.0 Å². The largest absolute Gasteiger partial charge is 0.262 e. The van der Waals surface area contributed by atoms with Gasteiger partial charge in [-0.3, -0.25) is 4.98 Å². The highest BCUT2D eigenvalue weighted by Crippen LogP contribution is 2.30. The zero-order valence-corrected chi connectivity index (χ0v) is 12.2. The Bertz CT molecular complexity index is 523. The minimum Gasteiger partial charge on any atom is -0.262 e. The number of tetrazole rings is 1. The van der Waals surface area contributed by atoms with E-state index in [4.69, 9.17) is 23.2 Å². The van der Waals surface area contributed by atoms with Gasteiger partial charge in [0, 0.05) is 23.7 Å². The molecule has 0 saturated heterocycles. The summed E-state index contributed by atoms with van der Waals surface area (Å²) in [6, 6.07) is 0.214. The summed E-state index contributed by atoms with van der Waals surface area (Å²) in [7, 11) is 0. The van der Waals surface area contributed by atoms with Gasteiger partial charge in [0.15, 0.2) is 0 Å². The fourth-order valence-electron chi connectivity index (χ4n) is 1.32. The molecule has 0 aliphatic carbocycles. The van der Waals surface area contributed by atoms with Gasteiger partial charge in [0.2, 0.25) is 5.16 Å². The number of halogens is 2. The Morgan fingerprint density at radius 1 is 1.28 bits per heavy atom. The molecule has 0 N–H and O–H groups in total. The molecule has 5 nitrogen and oxygen atoms in total. The third kappa shape index (κ3) is 2.93. The van der Waals surface area contributed by atoms with Crippen LogP contribution >= 0.6 is 35.0 Å². The summed E-state index contributed by atoms with van der Waals surface area (Å²) in [6.07, 6.45) is 3.16. The number of rotatable bonds is 4. The second-order valence-electron chi connectivity index (χ2n) is 3.87. The van der Waals surface area contributed by atoms with Gasteiger partial charge >= 0.3 is 0 Å². The maximum atomic E-state index is 6.05. The number of aromatic nitrogens is 5.